The van der Waals surface area contributed by atoms with Gasteiger partial charge >= 0.3 is 0 Å². The lowest BCUT2D eigenvalue weighted by atomic mass is 9.91. The SMILES string of the molecule is COC1(C(=O)NCc2ccc(OCc3cccc(F)c3)cc2)CCNCC1. The minimum atomic E-state index is -0.737. The number of rotatable bonds is 7. The van der Waals surface area contributed by atoms with Crippen LogP contribution in [0, 0.1) is 5.82 Å². The van der Waals surface area contributed by atoms with Crippen LogP contribution in [0.15, 0.2) is 48.5 Å². The second-order valence-electron chi connectivity index (χ2n) is 6.69. The highest BCUT2D eigenvalue weighted by Crippen LogP contribution is 2.23. The summed E-state index contributed by atoms with van der Waals surface area (Å²) >= 11 is 0. The maximum absolute atomic E-state index is 13.2. The number of piperidine rings is 1. The molecule has 1 amide bonds. The first-order valence-corrected chi connectivity index (χ1v) is 9.12. The van der Waals surface area contributed by atoms with Gasteiger partial charge < -0.3 is 20.1 Å². The molecule has 0 bridgehead atoms. The molecule has 0 aromatic heterocycles. The lowest BCUT2D eigenvalue weighted by Crippen LogP contribution is -2.53. The van der Waals surface area contributed by atoms with Crippen LogP contribution in [0.5, 0.6) is 5.75 Å². The number of halogens is 1. The van der Waals surface area contributed by atoms with Crippen LogP contribution in [0.2, 0.25) is 0 Å². The fraction of sp³-hybridized carbons (Fsp3) is 0.381. The Morgan fingerprint density at radius 1 is 1.15 bits per heavy atom. The van der Waals surface area contributed by atoms with Crippen molar-refractivity contribution in [1.82, 2.24) is 10.6 Å². The molecule has 1 aliphatic rings. The van der Waals surface area contributed by atoms with E-state index in [1.54, 1.807) is 13.2 Å². The van der Waals surface area contributed by atoms with Crippen LogP contribution < -0.4 is 15.4 Å². The summed E-state index contributed by atoms with van der Waals surface area (Å²) in [6, 6.07) is 13.8. The topological polar surface area (TPSA) is 59.6 Å². The number of carbonyl (C=O) groups excluding carboxylic acids is 1. The molecule has 6 heteroatoms. The Balaban J connectivity index is 1.50. The first kappa shape index (κ1) is 19.3. The minimum Gasteiger partial charge on any atom is -0.489 e. The van der Waals surface area contributed by atoms with E-state index in [1.807, 2.05) is 30.3 Å². The summed E-state index contributed by atoms with van der Waals surface area (Å²) in [6.45, 7) is 2.29. The predicted molar refractivity (Wildman–Crippen MR) is 101 cm³/mol. The molecule has 0 atom stereocenters. The Bertz CT molecular complexity index is 758. The molecule has 2 N–H and O–H groups in total. The van der Waals surface area contributed by atoms with Crippen LogP contribution in [0.3, 0.4) is 0 Å². The van der Waals surface area contributed by atoms with E-state index in [4.69, 9.17) is 9.47 Å². The van der Waals surface area contributed by atoms with E-state index in [9.17, 15) is 9.18 Å². The molecule has 1 fully saturated rings. The third kappa shape index (κ3) is 5.05. The Labute approximate surface area is 158 Å². The lowest BCUT2D eigenvalue weighted by Gasteiger charge is -2.34. The van der Waals surface area contributed by atoms with Crippen molar-refractivity contribution in [3.8, 4) is 5.75 Å². The summed E-state index contributed by atoms with van der Waals surface area (Å²) in [7, 11) is 1.59. The summed E-state index contributed by atoms with van der Waals surface area (Å²) in [5, 5.41) is 6.21. The van der Waals surface area contributed by atoms with Gasteiger partial charge in [0.25, 0.3) is 5.91 Å². The number of ether oxygens (including phenoxy) is 2. The number of hydrogen-bond acceptors (Lipinski definition) is 4. The molecule has 1 heterocycles. The smallest absolute Gasteiger partial charge is 0.252 e. The van der Waals surface area contributed by atoms with Crippen molar-refractivity contribution in [3.05, 3.63) is 65.5 Å². The molecule has 2 aromatic rings. The quantitative estimate of drug-likeness (QED) is 0.785. The van der Waals surface area contributed by atoms with Gasteiger partial charge in [0.1, 0.15) is 23.8 Å². The van der Waals surface area contributed by atoms with E-state index in [1.165, 1.54) is 12.1 Å². The standard InChI is InChI=1S/C21H25FN2O3/c1-26-21(9-11-23-12-10-21)20(25)24-14-16-5-7-19(8-6-16)27-15-17-3-2-4-18(22)13-17/h2-8,13,23H,9-12,14-15H2,1H3,(H,24,25). The van der Waals surface area contributed by atoms with Crippen molar-refractivity contribution in [2.24, 2.45) is 0 Å². The molecule has 144 valence electrons. The first-order valence-electron chi connectivity index (χ1n) is 9.12. The molecule has 5 nitrogen and oxygen atoms in total. The molecule has 0 saturated carbocycles. The maximum atomic E-state index is 13.2. The summed E-state index contributed by atoms with van der Waals surface area (Å²) in [6.07, 6.45) is 1.34. The molecule has 1 aliphatic heterocycles. The molecule has 0 unspecified atom stereocenters. The van der Waals surface area contributed by atoms with Crippen molar-refractivity contribution >= 4 is 5.91 Å². The molecule has 0 aliphatic carbocycles. The average Bonchev–Trinajstić information content (AvgIpc) is 2.72. The molecule has 0 spiro atoms. The highest BCUT2D eigenvalue weighted by molar-refractivity contribution is 5.85. The number of hydrogen-bond donors (Lipinski definition) is 2. The summed E-state index contributed by atoms with van der Waals surface area (Å²) in [5.74, 6) is 0.351. The molecular weight excluding hydrogens is 347 g/mol. The van der Waals surface area contributed by atoms with E-state index < -0.39 is 5.60 Å². The molecule has 2 aromatic carbocycles. The lowest BCUT2D eigenvalue weighted by molar-refractivity contribution is -0.146. The van der Waals surface area contributed by atoms with Crippen LogP contribution in [0.4, 0.5) is 4.39 Å². The zero-order chi connectivity index (χ0) is 19.1. The van der Waals surface area contributed by atoms with Crippen molar-refractivity contribution in [3.63, 3.8) is 0 Å². The summed E-state index contributed by atoms with van der Waals surface area (Å²) in [5.41, 5.74) is 1.01. The summed E-state index contributed by atoms with van der Waals surface area (Å²) in [4.78, 5) is 12.6. The van der Waals surface area contributed by atoms with E-state index in [0.717, 1.165) is 24.2 Å². The van der Waals surface area contributed by atoms with Crippen molar-refractivity contribution < 1.29 is 18.7 Å². The van der Waals surface area contributed by atoms with Gasteiger partial charge in [-0.05, 0) is 61.3 Å². The fourth-order valence-electron chi connectivity index (χ4n) is 3.19. The number of amides is 1. The number of nitrogens with one attached hydrogen (secondary N) is 2. The van der Waals surface area contributed by atoms with Gasteiger partial charge in [-0.1, -0.05) is 24.3 Å². The molecule has 0 radical (unpaired) electrons. The van der Waals surface area contributed by atoms with Crippen molar-refractivity contribution in [2.45, 2.75) is 31.6 Å². The van der Waals surface area contributed by atoms with Gasteiger partial charge in [-0.25, -0.2) is 4.39 Å². The Morgan fingerprint density at radius 2 is 1.89 bits per heavy atom. The van der Waals surface area contributed by atoms with Gasteiger partial charge in [0.15, 0.2) is 0 Å². The normalized spacial score (nSPS) is 15.9. The summed E-state index contributed by atoms with van der Waals surface area (Å²) < 4.78 is 24.4. The largest absolute Gasteiger partial charge is 0.489 e. The van der Waals surface area contributed by atoms with E-state index >= 15 is 0 Å². The highest BCUT2D eigenvalue weighted by atomic mass is 19.1. The maximum Gasteiger partial charge on any atom is 0.252 e. The molecule has 27 heavy (non-hydrogen) atoms. The number of benzene rings is 2. The molecule has 1 saturated heterocycles. The molecular formula is C21H25FN2O3. The average molecular weight is 372 g/mol. The van der Waals surface area contributed by atoms with Gasteiger partial charge in [-0.2, -0.15) is 0 Å². The Hall–Kier alpha value is -2.44. The van der Waals surface area contributed by atoms with Crippen molar-refractivity contribution in [2.75, 3.05) is 20.2 Å². The predicted octanol–water partition coefficient (Wildman–Crippen LogP) is 2.79. The van der Waals surface area contributed by atoms with Gasteiger partial charge in [0.05, 0.1) is 0 Å². The van der Waals surface area contributed by atoms with Crippen LogP contribution in [0.25, 0.3) is 0 Å². The monoisotopic (exact) mass is 372 g/mol. The first-order chi connectivity index (χ1) is 13.1. The van der Waals surface area contributed by atoms with E-state index in [-0.39, 0.29) is 11.7 Å². The van der Waals surface area contributed by atoms with Crippen LogP contribution in [-0.4, -0.2) is 31.7 Å². The van der Waals surface area contributed by atoms with E-state index in [2.05, 4.69) is 10.6 Å². The third-order valence-corrected chi connectivity index (χ3v) is 4.89. The number of carbonyl (C=O) groups is 1. The van der Waals surface area contributed by atoms with Crippen LogP contribution in [0.1, 0.15) is 24.0 Å². The van der Waals surface area contributed by atoms with Gasteiger partial charge in [-0.3, -0.25) is 4.79 Å². The fourth-order valence-corrected chi connectivity index (χ4v) is 3.19. The zero-order valence-electron chi connectivity index (χ0n) is 15.5. The minimum absolute atomic E-state index is 0.0714. The van der Waals surface area contributed by atoms with Crippen LogP contribution >= 0.6 is 0 Å². The van der Waals surface area contributed by atoms with Crippen LogP contribution in [-0.2, 0) is 22.7 Å². The third-order valence-electron chi connectivity index (χ3n) is 4.89. The van der Waals surface area contributed by atoms with Gasteiger partial charge in [0, 0.05) is 13.7 Å². The van der Waals surface area contributed by atoms with Gasteiger partial charge in [-0.15, -0.1) is 0 Å². The Kier molecular flexibility index (Phi) is 6.42. The Morgan fingerprint density at radius 3 is 2.56 bits per heavy atom. The molecule has 3 rings (SSSR count). The van der Waals surface area contributed by atoms with E-state index in [0.29, 0.717) is 31.7 Å². The van der Waals surface area contributed by atoms with Gasteiger partial charge in [0.2, 0.25) is 0 Å². The zero-order valence-corrected chi connectivity index (χ0v) is 15.5. The highest BCUT2D eigenvalue weighted by Gasteiger charge is 2.39. The van der Waals surface area contributed by atoms with Crippen molar-refractivity contribution in [1.29, 1.82) is 0 Å². The second kappa shape index (κ2) is 8.97. The number of methoxy groups -OCH3 is 1. The second-order valence-corrected chi connectivity index (χ2v) is 6.69.